The molecule has 76 heavy (non-hydrogen) atoms. The van der Waals surface area contributed by atoms with Gasteiger partial charge in [0.1, 0.15) is 18.4 Å². The number of pyridine rings is 1. The van der Waals surface area contributed by atoms with E-state index >= 15 is 0 Å². The number of piperazine rings is 1. The molecule has 414 valence electrons. The molecule has 4 aliphatic heterocycles. The molecule has 2 aromatic carbocycles. The van der Waals surface area contributed by atoms with Crippen molar-refractivity contribution < 1.29 is 33.3 Å². The van der Waals surface area contributed by atoms with E-state index in [0.29, 0.717) is 50.8 Å². The van der Waals surface area contributed by atoms with Crippen LogP contribution in [0.1, 0.15) is 124 Å². The molecule has 14 nitrogen and oxygen atoms in total. The normalized spacial score (nSPS) is 24.8. The summed E-state index contributed by atoms with van der Waals surface area (Å²) in [6.07, 6.45) is 8.17. The van der Waals surface area contributed by atoms with Crippen molar-refractivity contribution in [1.82, 2.24) is 29.6 Å². The van der Waals surface area contributed by atoms with Crippen molar-refractivity contribution in [3.8, 4) is 28.1 Å². The van der Waals surface area contributed by atoms with Crippen molar-refractivity contribution in [2.45, 2.75) is 151 Å². The standard InChI is InChI=1S/C62H89N7O7/c1-12-69-55-18-15-45-32-50(55)52(58(69)51-33-48(35-63-57(51)42(7)73-11)68-26-24-67(25-27-68)47-16-17-47)34-62(8,9)38-76-61(72)41(6)14-13-21-65(10)60(71)54-30-43-28-46(45)31-49(29-43)74-37-56(44-19-22-66(23-20-44)40(4)5)75-36-53(39(2)3)59(70)64-54/h15,18,28-29,31-33,35,39-42,44,47,53-54,56H,12-14,16-17,19-27,30,34,36-38H2,1-11H3,(H,64,70)/t41-,42-,53-,54-,56+/m0/s1. The van der Waals surface area contributed by atoms with E-state index in [2.05, 4.69) is 103 Å². The first kappa shape index (κ1) is 55.7. The lowest BCUT2D eigenvalue weighted by molar-refractivity contribution is -0.151. The van der Waals surface area contributed by atoms with E-state index in [1.807, 2.05) is 33.0 Å². The Morgan fingerprint density at radius 2 is 1.61 bits per heavy atom. The molecular formula is C62H89N7O7. The number of methoxy groups -OCH3 is 1. The molecule has 4 aromatic rings. The van der Waals surface area contributed by atoms with Crippen LogP contribution in [0.2, 0.25) is 0 Å². The zero-order chi connectivity index (χ0) is 54.0. The summed E-state index contributed by atoms with van der Waals surface area (Å²) in [4.78, 5) is 57.7. The number of carbonyl (C=O) groups excluding carboxylic acids is 3. The highest BCUT2D eigenvalue weighted by atomic mass is 16.5. The largest absolute Gasteiger partial charge is 0.491 e. The van der Waals surface area contributed by atoms with Crippen molar-refractivity contribution in [3.63, 3.8) is 0 Å². The van der Waals surface area contributed by atoms with E-state index in [9.17, 15) is 14.4 Å². The lowest BCUT2D eigenvalue weighted by Gasteiger charge is -2.38. The Balaban J connectivity index is 1.19. The van der Waals surface area contributed by atoms with Crippen LogP contribution in [-0.2, 0) is 48.0 Å². The van der Waals surface area contributed by atoms with Gasteiger partial charge in [0, 0.05) is 93.8 Å². The van der Waals surface area contributed by atoms with Crippen LogP contribution in [0, 0.1) is 29.1 Å². The Hall–Kier alpha value is -5.02. The molecule has 6 bridgehead atoms. The van der Waals surface area contributed by atoms with Gasteiger partial charge in [-0.25, -0.2) is 0 Å². The van der Waals surface area contributed by atoms with Gasteiger partial charge in [-0.1, -0.05) is 46.8 Å². The summed E-state index contributed by atoms with van der Waals surface area (Å²) in [5.41, 5.74) is 8.79. The van der Waals surface area contributed by atoms with Gasteiger partial charge in [-0.3, -0.25) is 24.3 Å². The summed E-state index contributed by atoms with van der Waals surface area (Å²) in [7, 11) is 3.54. The number of cyclic esters (lactones) is 1. The zero-order valence-electron chi connectivity index (χ0n) is 47.8. The zero-order valence-corrected chi connectivity index (χ0v) is 47.8. The van der Waals surface area contributed by atoms with Gasteiger partial charge >= 0.3 is 5.97 Å². The quantitative estimate of drug-likeness (QED) is 0.161. The smallest absolute Gasteiger partial charge is 0.308 e. The number of carbonyl (C=O) groups is 3. The van der Waals surface area contributed by atoms with E-state index in [4.69, 9.17) is 23.9 Å². The number of piperidine rings is 1. The Bertz CT molecular complexity index is 2680. The Morgan fingerprint density at radius 1 is 0.855 bits per heavy atom. The minimum atomic E-state index is -0.848. The van der Waals surface area contributed by atoms with Gasteiger partial charge in [-0.05, 0) is 150 Å². The Morgan fingerprint density at radius 3 is 2.29 bits per heavy atom. The van der Waals surface area contributed by atoms with E-state index < -0.39 is 17.4 Å². The number of aromatic nitrogens is 2. The molecule has 2 saturated heterocycles. The maximum Gasteiger partial charge on any atom is 0.308 e. The second-order valence-electron chi connectivity index (χ2n) is 24.4. The Labute approximate surface area is 453 Å². The molecule has 2 amide bonds. The fourth-order valence-corrected chi connectivity index (χ4v) is 12.4. The first-order chi connectivity index (χ1) is 36.4. The molecule has 6 heterocycles. The van der Waals surface area contributed by atoms with Crippen LogP contribution in [-0.4, -0.2) is 146 Å². The topological polar surface area (TPSA) is 131 Å². The van der Waals surface area contributed by atoms with Crippen molar-refractivity contribution in [3.05, 3.63) is 65.5 Å². The van der Waals surface area contributed by atoms with Crippen LogP contribution < -0.4 is 15.0 Å². The molecule has 5 atom stereocenters. The third-order valence-electron chi connectivity index (χ3n) is 17.5. The van der Waals surface area contributed by atoms with Crippen molar-refractivity contribution >= 4 is 34.4 Å². The Kier molecular flexibility index (Phi) is 17.5. The molecular weight excluding hydrogens is 955 g/mol. The maximum absolute atomic E-state index is 14.7. The summed E-state index contributed by atoms with van der Waals surface area (Å²) >= 11 is 0. The molecule has 0 radical (unpaired) electrons. The van der Waals surface area contributed by atoms with E-state index in [1.54, 1.807) is 19.1 Å². The molecule has 0 spiro atoms. The van der Waals surface area contributed by atoms with Gasteiger partial charge in [0.05, 0.1) is 60.5 Å². The highest BCUT2D eigenvalue weighted by molar-refractivity contribution is 5.96. The van der Waals surface area contributed by atoms with Crippen LogP contribution >= 0.6 is 0 Å². The van der Waals surface area contributed by atoms with Crippen LogP contribution in [0.4, 0.5) is 5.69 Å². The average Bonchev–Trinajstić information content (AvgIpc) is 4.25. The first-order valence-corrected chi connectivity index (χ1v) is 28.9. The fourth-order valence-electron chi connectivity index (χ4n) is 12.4. The van der Waals surface area contributed by atoms with Crippen LogP contribution in [0.3, 0.4) is 0 Å². The van der Waals surface area contributed by atoms with Crippen molar-refractivity contribution in [2.75, 3.05) is 84.7 Å². The van der Waals surface area contributed by atoms with Gasteiger partial charge in [0.15, 0.2) is 0 Å². The molecule has 1 saturated carbocycles. The predicted molar refractivity (Wildman–Crippen MR) is 302 cm³/mol. The molecule has 1 aliphatic carbocycles. The molecule has 5 aliphatic rings. The summed E-state index contributed by atoms with van der Waals surface area (Å²) in [5.74, 6) is -0.497. The summed E-state index contributed by atoms with van der Waals surface area (Å²) in [5, 5.41) is 4.37. The van der Waals surface area contributed by atoms with Crippen LogP contribution in [0.25, 0.3) is 33.3 Å². The maximum atomic E-state index is 14.7. The highest BCUT2D eigenvalue weighted by Gasteiger charge is 2.36. The number of nitrogens with one attached hydrogen (secondary N) is 1. The van der Waals surface area contributed by atoms with Gasteiger partial charge in [0.25, 0.3) is 0 Å². The third-order valence-corrected chi connectivity index (χ3v) is 17.5. The number of benzene rings is 2. The minimum absolute atomic E-state index is 0.0277. The second-order valence-corrected chi connectivity index (χ2v) is 24.4. The molecule has 14 heteroatoms. The number of ether oxygens (including phenoxy) is 4. The lowest BCUT2D eigenvalue weighted by atomic mass is 9.84. The molecule has 1 N–H and O–H groups in total. The molecule has 2 aromatic heterocycles. The third kappa shape index (κ3) is 12.6. The molecule has 9 rings (SSSR count). The predicted octanol–water partition coefficient (Wildman–Crippen LogP) is 9.58. The van der Waals surface area contributed by atoms with Crippen molar-refractivity contribution in [2.24, 2.45) is 29.1 Å². The second kappa shape index (κ2) is 23.9. The number of esters is 1. The van der Waals surface area contributed by atoms with E-state index in [1.165, 1.54) is 12.8 Å². The SMILES string of the molecule is CCn1c(-c2cc(N3CCN(C4CC4)CC3)cnc2[C@H](C)OC)c2c3cc(ccc31)-c1cc3cc(c1)OC[C@H](C1CCN(C(C)C)CC1)OC[C@@H](C(C)C)C(=O)N[C@@H](C3)C(=O)N(C)CCC[C@H](C)C(=O)OCC(C)(C)C2. The summed E-state index contributed by atoms with van der Waals surface area (Å²) in [6.45, 7) is 27.1. The number of anilines is 1. The number of likely N-dealkylation sites (tertiary alicyclic amines) is 1. The lowest BCUT2D eigenvalue weighted by Crippen LogP contribution is -2.51. The van der Waals surface area contributed by atoms with Crippen LogP contribution in [0.15, 0.2) is 48.7 Å². The number of hydrogen-bond donors (Lipinski definition) is 1. The number of nitrogens with zero attached hydrogens (tertiary/aromatic N) is 6. The number of fused-ring (bicyclic) bond motifs is 5. The van der Waals surface area contributed by atoms with Gasteiger partial charge in [-0.2, -0.15) is 0 Å². The van der Waals surface area contributed by atoms with E-state index in [-0.39, 0.29) is 67.4 Å². The number of rotatable bonds is 9. The molecule has 0 unspecified atom stereocenters. The highest BCUT2D eigenvalue weighted by Crippen LogP contribution is 2.44. The number of hydrogen-bond acceptors (Lipinski definition) is 11. The van der Waals surface area contributed by atoms with Crippen molar-refractivity contribution in [1.29, 1.82) is 0 Å². The van der Waals surface area contributed by atoms with Crippen LogP contribution in [0.5, 0.6) is 5.75 Å². The monoisotopic (exact) mass is 1040 g/mol. The number of aryl methyl sites for hydroxylation is 1. The van der Waals surface area contributed by atoms with Gasteiger partial charge in [0.2, 0.25) is 11.8 Å². The van der Waals surface area contributed by atoms with Gasteiger partial charge < -0.3 is 43.5 Å². The van der Waals surface area contributed by atoms with E-state index in [0.717, 1.165) is 114 Å². The minimum Gasteiger partial charge on any atom is -0.491 e. The molecule has 3 fully saturated rings. The summed E-state index contributed by atoms with van der Waals surface area (Å²) in [6, 6.07) is 15.8. The fraction of sp³-hybridized carbons (Fsp3) is 0.645. The number of likely N-dealkylation sites (N-methyl/N-ethyl adjacent to an activating group) is 1. The summed E-state index contributed by atoms with van der Waals surface area (Å²) < 4.78 is 28.5. The number of amides is 2. The van der Waals surface area contributed by atoms with Gasteiger partial charge in [-0.15, -0.1) is 0 Å². The average molecular weight is 1040 g/mol. The first-order valence-electron chi connectivity index (χ1n) is 28.9.